The highest BCUT2D eigenvalue weighted by Gasteiger charge is 2.28. The molecule has 3 rings (SSSR count). The first-order valence-corrected chi connectivity index (χ1v) is 9.24. The van der Waals surface area contributed by atoms with E-state index in [9.17, 15) is 13.2 Å². The fourth-order valence-electron chi connectivity index (χ4n) is 2.52. The van der Waals surface area contributed by atoms with Crippen molar-refractivity contribution in [1.82, 2.24) is 0 Å². The van der Waals surface area contributed by atoms with Gasteiger partial charge in [0.1, 0.15) is 6.61 Å². The van der Waals surface area contributed by atoms with Crippen LogP contribution in [0.5, 0.6) is 0 Å². The van der Waals surface area contributed by atoms with Gasteiger partial charge in [0.15, 0.2) is 0 Å². The van der Waals surface area contributed by atoms with Crippen LogP contribution >= 0.6 is 0 Å². The summed E-state index contributed by atoms with van der Waals surface area (Å²) in [6.45, 7) is 0.686. The van der Waals surface area contributed by atoms with E-state index in [4.69, 9.17) is 4.74 Å². The minimum atomic E-state index is -3.19. The van der Waals surface area contributed by atoms with Crippen LogP contribution in [-0.4, -0.2) is 26.8 Å². The molecule has 2 aromatic carbocycles. The molecule has 1 fully saturated rings. The standard InChI is InChI=1S/C17H18N2O4S/c20-17(23-13-14-5-2-1-3-6-14)18-15-7-9-16(10-8-15)19-11-4-12-24(19,21)22/h1-3,5-10H,4,11-13H2,(H,18,20). The van der Waals surface area contributed by atoms with Crippen molar-refractivity contribution < 1.29 is 17.9 Å². The molecule has 0 spiro atoms. The maximum absolute atomic E-state index is 11.9. The highest BCUT2D eigenvalue weighted by molar-refractivity contribution is 7.93. The van der Waals surface area contributed by atoms with E-state index in [0.29, 0.717) is 24.3 Å². The largest absolute Gasteiger partial charge is 0.444 e. The molecule has 0 atom stereocenters. The van der Waals surface area contributed by atoms with E-state index in [1.807, 2.05) is 30.3 Å². The van der Waals surface area contributed by atoms with Gasteiger partial charge >= 0.3 is 6.09 Å². The van der Waals surface area contributed by atoms with Crippen LogP contribution < -0.4 is 9.62 Å². The van der Waals surface area contributed by atoms with Crippen LogP contribution in [-0.2, 0) is 21.4 Å². The number of nitrogens with zero attached hydrogens (tertiary/aromatic N) is 1. The molecule has 0 unspecified atom stereocenters. The number of benzene rings is 2. The second kappa shape index (κ2) is 6.92. The normalized spacial score (nSPS) is 15.9. The maximum atomic E-state index is 11.9. The zero-order valence-electron chi connectivity index (χ0n) is 13.0. The molecule has 126 valence electrons. The molecule has 1 N–H and O–H groups in total. The number of anilines is 2. The highest BCUT2D eigenvalue weighted by atomic mass is 32.2. The average molecular weight is 346 g/mol. The molecule has 1 amide bonds. The summed E-state index contributed by atoms with van der Waals surface area (Å²) in [7, 11) is -3.19. The lowest BCUT2D eigenvalue weighted by molar-refractivity contribution is 0.155. The van der Waals surface area contributed by atoms with E-state index in [0.717, 1.165) is 5.56 Å². The van der Waals surface area contributed by atoms with Crippen LogP contribution in [0.2, 0.25) is 0 Å². The number of nitrogens with one attached hydrogen (secondary N) is 1. The summed E-state index contributed by atoms with van der Waals surface area (Å²) < 4.78 is 30.3. The van der Waals surface area contributed by atoms with Gasteiger partial charge in [-0.15, -0.1) is 0 Å². The minimum Gasteiger partial charge on any atom is -0.444 e. The van der Waals surface area contributed by atoms with Gasteiger partial charge in [0, 0.05) is 12.2 Å². The molecule has 7 heteroatoms. The number of carbonyl (C=O) groups is 1. The summed E-state index contributed by atoms with van der Waals surface area (Å²) in [6, 6.07) is 16.1. The Morgan fingerprint density at radius 2 is 1.79 bits per heavy atom. The summed E-state index contributed by atoms with van der Waals surface area (Å²) in [6.07, 6.45) is 0.0779. The van der Waals surface area contributed by atoms with Crippen LogP contribution in [0.1, 0.15) is 12.0 Å². The van der Waals surface area contributed by atoms with Gasteiger partial charge in [0.25, 0.3) is 0 Å². The fraction of sp³-hybridized carbons (Fsp3) is 0.235. The van der Waals surface area contributed by atoms with Gasteiger partial charge < -0.3 is 4.74 Å². The lowest BCUT2D eigenvalue weighted by Gasteiger charge is -2.17. The molecule has 6 nitrogen and oxygen atoms in total. The number of amides is 1. The molecule has 1 heterocycles. The third-order valence-electron chi connectivity index (χ3n) is 3.71. The molecule has 1 aliphatic rings. The first kappa shape index (κ1) is 16.3. The molecule has 1 saturated heterocycles. The maximum Gasteiger partial charge on any atom is 0.411 e. The quantitative estimate of drug-likeness (QED) is 0.923. The monoisotopic (exact) mass is 346 g/mol. The molecule has 0 bridgehead atoms. The van der Waals surface area contributed by atoms with Gasteiger partial charge in [0.2, 0.25) is 10.0 Å². The van der Waals surface area contributed by atoms with Gasteiger partial charge in [-0.2, -0.15) is 0 Å². The van der Waals surface area contributed by atoms with Crippen molar-refractivity contribution in [3.05, 3.63) is 60.2 Å². The third-order valence-corrected chi connectivity index (χ3v) is 5.58. The van der Waals surface area contributed by atoms with E-state index in [1.54, 1.807) is 24.3 Å². The Morgan fingerprint density at radius 3 is 2.42 bits per heavy atom. The number of carbonyl (C=O) groups excluding carboxylic acids is 1. The Labute approximate surface area is 141 Å². The van der Waals surface area contributed by atoms with Crippen molar-refractivity contribution in [3.63, 3.8) is 0 Å². The molecule has 24 heavy (non-hydrogen) atoms. The van der Waals surface area contributed by atoms with Crippen molar-refractivity contribution in [1.29, 1.82) is 0 Å². The van der Waals surface area contributed by atoms with Gasteiger partial charge in [-0.3, -0.25) is 9.62 Å². The Morgan fingerprint density at radius 1 is 1.08 bits per heavy atom. The molecular formula is C17H18N2O4S. The van der Waals surface area contributed by atoms with E-state index in [1.165, 1.54) is 4.31 Å². The minimum absolute atomic E-state index is 0.179. The van der Waals surface area contributed by atoms with Gasteiger partial charge in [-0.05, 0) is 36.2 Å². The van der Waals surface area contributed by atoms with Crippen LogP contribution in [0.15, 0.2) is 54.6 Å². The zero-order chi connectivity index (χ0) is 17.0. The Kier molecular flexibility index (Phi) is 4.71. The molecule has 0 saturated carbocycles. The first-order chi connectivity index (χ1) is 11.5. The number of hydrogen-bond acceptors (Lipinski definition) is 4. The summed E-state index contributed by atoms with van der Waals surface area (Å²) in [5, 5.41) is 2.62. The predicted molar refractivity (Wildman–Crippen MR) is 92.4 cm³/mol. The number of hydrogen-bond donors (Lipinski definition) is 1. The lowest BCUT2D eigenvalue weighted by Crippen LogP contribution is -2.25. The molecule has 0 radical (unpaired) electrons. The Hall–Kier alpha value is -2.54. The first-order valence-electron chi connectivity index (χ1n) is 7.63. The predicted octanol–water partition coefficient (Wildman–Crippen LogP) is 2.98. The van der Waals surface area contributed by atoms with Crippen molar-refractivity contribution in [2.75, 3.05) is 21.9 Å². The van der Waals surface area contributed by atoms with E-state index in [2.05, 4.69) is 5.32 Å². The SMILES string of the molecule is O=C(Nc1ccc(N2CCCS2(=O)=O)cc1)OCc1ccccc1. The number of ether oxygens (including phenoxy) is 1. The lowest BCUT2D eigenvalue weighted by atomic mass is 10.2. The van der Waals surface area contributed by atoms with Crippen LogP contribution in [0, 0.1) is 0 Å². The van der Waals surface area contributed by atoms with Crippen molar-refractivity contribution in [3.8, 4) is 0 Å². The van der Waals surface area contributed by atoms with Crippen molar-refractivity contribution >= 4 is 27.5 Å². The van der Waals surface area contributed by atoms with Gasteiger partial charge in [0.05, 0.1) is 11.4 Å². The molecule has 2 aromatic rings. The molecule has 1 aliphatic heterocycles. The topological polar surface area (TPSA) is 75.7 Å². The highest BCUT2D eigenvalue weighted by Crippen LogP contribution is 2.25. The van der Waals surface area contributed by atoms with Gasteiger partial charge in [-0.25, -0.2) is 13.2 Å². The summed E-state index contributed by atoms with van der Waals surface area (Å²) in [4.78, 5) is 11.8. The van der Waals surface area contributed by atoms with Crippen molar-refractivity contribution in [2.45, 2.75) is 13.0 Å². The summed E-state index contributed by atoms with van der Waals surface area (Å²) in [5.41, 5.74) is 2.06. The van der Waals surface area contributed by atoms with Crippen LogP contribution in [0.3, 0.4) is 0 Å². The summed E-state index contributed by atoms with van der Waals surface area (Å²) in [5.74, 6) is 0.179. The smallest absolute Gasteiger partial charge is 0.411 e. The van der Waals surface area contributed by atoms with E-state index in [-0.39, 0.29) is 12.4 Å². The molecule has 0 aliphatic carbocycles. The molecule has 0 aromatic heterocycles. The second-order valence-electron chi connectivity index (χ2n) is 5.48. The van der Waals surface area contributed by atoms with E-state index >= 15 is 0 Å². The fourth-order valence-corrected chi connectivity index (χ4v) is 4.08. The Bertz CT molecular complexity index is 804. The Balaban J connectivity index is 1.57. The van der Waals surface area contributed by atoms with E-state index < -0.39 is 16.1 Å². The summed E-state index contributed by atoms with van der Waals surface area (Å²) >= 11 is 0. The average Bonchev–Trinajstić information content (AvgIpc) is 2.94. The number of rotatable bonds is 4. The van der Waals surface area contributed by atoms with Gasteiger partial charge in [-0.1, -0.05) is 30.3 Å². The third kappa shape index (κ3) is 3.86. The molecular weight excluding hydrogens is 328 g/mol. The van der Waals surface area contributed by atoms with Crippen LogP contribution in [0.25, 0.3) is 0 Å². The van der Waals surface area contributed by atoms with Crippen LogP contribution in [0.4, 0.5) is 16.2 Å². The van der Waals surface area contributed by atoms with Crippen molar-refractivity contribution in [2.24, 2.45) is 0 Å². The number of sulfonamides is 1. The second-order valence-corrected chi connectivity index (χ2v) is 7.49. The zero-order valence-corrected chi connectivity index (χ0v) is 13.8.